The summed E-state index contributed by atoms with van der Waals surface area (Å²) in [4.78, 5) is 11.1. The van der Waals surface area contributed by atoms with Crippen molar-refractivity contribution in [2.75, 3.05) is 11.8 Å². The lowest BCUT2D eigenvalue weighted by Gasteiger charge is -2.10. The van der Waals surface area contributed by atoms with Gasteiger partial charge < -0.3 is 4.74 Å². The van der Waals surface area contributed by atoms with Crippen LogP contribution in [0.25, 0.3) is 0 Å². The zero-order chi connectivity index (χ0) is 16.3. The summed E-state index contributed by atoms with van der Waals surface area (Å²) in [5.41, 5.74) is -0.0405. The van der Waals surface area contributed by atoms with Crippen LogP contribution in [0, 0.1) is 5.82 Å². The van der Waals surface area contributed by atoms with Gasteiger partial charge in [0.15, 0.2) is 0 Å². The molecule has 0 aliphatic heterocycles. The van der Waals surface area contributed by atoms with Crippen LogP contribution in [0.3, 0.4) is 0 Å². The van der Waals surface area contributed by atoms with E-state index in [1.165, 1.54) is 17.1 Å². The number of sulfonamides is 1. The van der Waals surface area contributed by atoms with Crippen molar-refractivity contribution >= 4 is 21.7 Å². The molecule has 1 N–H and O–H groups in total. The first kappa shape index (κ1) is 16.0. The average Bonchev–Trinajstić information content (AvgIpc) is 2.93. The summed E-state index contributed by atoms with van der Waals surface area (Å²) in [6.07, 6.45) is 2.80. The summed E-state index contributed by atoms with van der Waals surface area (Å²) in [5.74, 6) is -1.65. The first-order valence-electron chi connectivity index (χ1n) is 6.30. The van der Waals surface area contributed by atoms with Gasteiger partial charge in [-0.3, -0.25) is 9.40 Å². The van der Waals surface area contributed by atoms with Gasteiger partial charge in [0.25, 0.3) is 10.0 Å². The number of ether oxygens (including phenoxy) is 1. The molecule has 118 valence electrons. The highest BCUT2D eigenvalue weighted by atomic mass is 32.2. The minimum absolute atomic E-state index is 0.210. The standard InChI is InChI=1S/C13H14FN3O4S/c1-3-17-8-10(7-15-17)16-22(19,20)12-6-9(14)4-5-11(12)13(18)21-2/h4-8,16H,3H2,1-2H3. The van der Waals surface area contributed by atoms with Gasteiger partial charge in [0.05, 0.1) is 24.6 Å². The van der Waals surface area contributed by atoms with Crippen LogP contribution in [-0.4, -0.2) is 31.3 Å². The lowest BCUT2D eigenvalue weighted by Crippen LogP contribution is -2.17. The second-order valence-electron chi connectivity index (χ2n) is 4.32. The van der Waals surface area contributed by atoms with Crippen molar-refractivity contribution in [2.45, 2.75) is 18.4 Å². The molecule has 1 aromatic heterocycles. The van der Waals surface area contributed by atoms with Gasteiger partial charge in [0.1, 0.15) is 10.7 Å². The Morgan fingerprint density at radius 3 is 2.77 bits per heavy atom. The maximum Gasteiger partial charge on any atom is 0.339 e. The van der Waals surface area contributed by atoms with Gasteiger partial charge >= 0.3 is 5.97 Å². The third-order valence-electron chi connectivity index (χ3n) is 2.85. The maximum atomic E-state index is 13.4. The van der Waals surface area contributed by atoms with Crippen molar-refractivity contribution in [1.82, 2.24) is 9.78 Å². The predicted molar refractivity (Wildman–Crippen MR) is 76.4 cm³/mol. The summed E-state index contributed by atoms with van der Waals surface area (Å²) >= 11 is 0. The SMILES string of the molecule is CCn1cc(NS(=O)(=O)c2cc(F)ccc2C(=O)OC)cn1. The third kappa shape index (κ3) is 3.25. The fourth-order valence-corrected chi connectivity index (χ4v) is 3.03. The Morgan fingerprint density at radius 2 is 2.18 bits per heavy atom. The Labute approximate surface area is 126 Å². The Bertz CT molecular complexity index is 801. The number of carbonyl (C=O) groups is 1. The zero-order valence-corrected chi connectivity index (χ0v) is 12.7. The van der Waals surface area contributed by atoms with E-state index in [2.05, 4.69) is 14.6 Å². The van der Waals surface area contributed by atoms with Crippen LogP contribution in [-0.2, 0) is 21.3 Å². The molecule has 22 heavy (non-hydrogen) atoms. The molecular weight excluding hydrogens is 313 g/mol. The fraction of sp³-hybridized carbons (Fsp3) is 0.231. The van der Waals surface area contributed by atoms with Gasteiger partial charge in [-0.05, 0) is 25.1 Å². The van der Waals surface area contributed by atoms with Gasteiger partial charge in [-0.1, -0.05) is 0 Å². The molecule has 9 heteroatoms. The van der Waals surface area contributed by atoms with Crippen molar-refractivity contribution < 1.29 is 22.3 Å². The second-order valence-corrected chi connectivity index (χ2v) is 5.97. The number of hydrogen-bond donors (Lipinski definition) is 1. The van der Waals surface area contributed by atoms with Crippen LogP contribution in [0.1, 0.15) is 17.3 Å². The van der Waals surface area contributed by atoms with Gasteiger partial charge in [-0.25, -0.2) is 17.6 Å². The molecule has 0 bridgehead atoms. The molecule has 1 aromatic carbocycles. The molecular formula is C13H14FN3O4S. The number of methoxy groups -OCH3 is 1. The predicted octanol–water partition coefficient (Wildman–Crippen LogP) is 1.63. The number of carbonyl (C=O) groups excluding carboxylic acids is 1. The van der Waals surface area contributed by atoms with E-state index in [9.17, 15) is 17.6 Å². The fourth-order valence-electron chi connectivity index (χ4n) is 1.80. The van der Waals surface area contributed by atoms with E-state index < -0.39 is 26.7 Å². The first-order chi connectivity index (χ1) is 10.4. The maximum absolute atomic E-state index is 13.4. The molecule has 0 aliphatic rings. The van der Waals surface area contributed by atoms with Crippen molar-refractivity contribution in [2.24, 2.45) is 0 Å². The van der Waals surface area contributed by atoms with Crippen LogP contribution >= 0.6 is 0 Å². The highest BCUT2D eigenvalue weighted by Gasteiger charge is 2.24. The normalized spacial score (nSPS) is 11.2. The Balaban J connectivity index is 2.44. The largest absolute Gasteiger partial charge is 0.465 e. The third-order valence-corrected chi connectivity index (χ3v) is 4.27. The summed E-state index contributed by atoms with van der Waals surface area (Å²) in [6.45, 7) is 2.41. The Kier molecular flexibility index (Phi) is 4.45. The number of aryl methyl sites for hydroxylation is 1. The summed E-state index contributed by atoms with van der Waals surface area (Å²) in [7, 11) is -3.05. The van der Waals surface area contributed by atoms with E-state index in [-0.39, 0.29) is 11.3 Å². The number of nitrogens with zero attached hydrogens (tertiary/aromatic N) is 2. The van der Waals surface area contributed by atoms with Gasteiger partial charge in [0.2, 0.25) is 0 Å². The molecule has 0 atom stereocenters. The van der Waals surface area contributed by atoms with E-state index in [0.717, 1.165) is 25.3 Å². The van der Waals surface area contributed by atoms with E-state index in [0.29, 0.717) is 6.54 Å². The molecule has 0 unspecified atom stereocenters. The number of benzene rings is 1. The summed E-state index contributed by atoms with van der Waals surface area (Å²) < 4.78 is 46.4. The Hall–Kier alpha value is -2.42. The number of anilines is 1. The van der Waals surface area contributed by atoms with Crippen molar-refractivity contribution in [1.29, 1.82) is 0 Å². The molecule has 7 nitrogen and oxygen atoms in total. The molecule has 2 aromatic rings. The lowest BCUT2D eigenvalue weighted by atomic mass is 10.2. The molecule has 0 radical (unpaired) electrons. The van der Waals surface area contributed by atoms with Gasteiger partial charge in [-0.2, -0.15) is 5.10 Å². The second kappa shape index (κ2) is 6.14. The molecule has 0 saturated carbocycles. The molecule has 1 heterocycles. The molecule has 0 fully saturated rings. The Morgan fingerprint density at radius 1 is 1.45 bits per heavy atom. The van der Waals surface area contributed by atoms with E-state index in [1.54, 1.807) is 0 Å². The lowest BCUT2D eigenvalue weighted by molar-refractivity contribution is 0.0596. The average molecular weight is 327 g/mol. The van der Waals surface area contributed by atoms with E-state index in [1.807, 2.05) is 6.92 Å². The zero-order valence-electron chi connectivity index (χ0n) is 11.9. The minimum Gasteiger partial charge on any atom is -0.465 e. The van der Waals surface area contributed by atoms with Crippen LogP contribution in [0.15, 0.2) is 35.5 Å². The molecule has 0 spiro atoms. The van der Waals surface area contributed by atoms with Crippen molar-refractivity contribution in [3.63, 3.8) is 0 Å². The number of aromatic nitrogens is 2. The quantitative estimate of drug-likeness (QED) is 0.843. The number of rotatable bonds is 5. The summed E-state index contributed by atoms with van der Waals surface area (Å²) in [5, 5.41) is 3.93. The first-order valence-corrected chi connectivity index (χ1v) is 7.79. The number of nitrogens with one attached hydrogen (secondary N) is 1. The smallest absolute Gasteiger partial charge is 0.339 e. The van der Waals surface area contributed by atoms with Crippen LogP contribution in [0.4, 0.5) is 10.1 Å². The highest BCUT2D eigenvalue weighted by molar-refractivity contribution is 7.92. The van der Waals surface area contributed by atoms with Crippen LogP contribution in [0.5, 0.6) is 0 Å². The molecule has 0 aliphatic carbocycles. The highest BCUT2D eigenvalue weighted by Crippen LogP contribution is 2.21. The van der Waals surface area contributed by atoms with Crippen molar-refractivity contribution in [3.8, 4) is 0 Å². The minimum atomic E-state index is -4.16. The number of hydrogen-bond acceptors (Lipinski definition) is 5. The van der Waals surface area contributed by atoms with Crippen LogP contribution in [0.2, 0.25) is 0 Å². The topological polar surface area (TPSA) is 90.3 Å². The van der Waals surface area contributed by atoms with Crippen LogP contribution < -0.4 is 4.72 Å². The molecule has 2 rings (SSSR count). The van der Waals surface area contributed by atoms with E-state index >= 15 is 0 Å². The van der Waals surface area contributed by atoms with Gasteiger partial charge in [-0.15, -0.1) is 0 Å². The number of halogens is 1. The molecule has 0 amide bonds. The molecule has 0 saturated heterocycles. The number of esters is 1. The van der Waals surface area contributed by atoms with Gasteiger partial charge in [0, 0.05) is 12.7 Å². The van der Waals surface area contributed by atoms with Crippen molar-refractivity contribution in [3.05, 3.63) is 42.0 Å². The summed E-state index contributed by atoms with van der Waals surface area (Å²) in [6, 6.07) is 2.81. The van der Waals surface area contributed by atoms with E-state index in [4.69, 9.17) is 0 Å². The monoisotopic (exact) mass is 327 g/mol.